The standard InChI is InChI=1S/C15H22N2O/c1-11-8-9-16-14(11)15(18)17-12(2)10-13-6-4-3-5-7-13/h3-7,11-12,14,16H,8-10H2,1-2H3,(H,17,18). The Bertz CT molecular complexity index is 391. The van der Waals surface area contributed by atoms with E-state index in [0.717, 1.165) is 19.4 Å². The van der Waals surface area contributed by atoms with Crippen LogP contribution in [-0.4, -0.2) is 24.5 Å². The molecule has 0 bridgehead atoms. The lowest BCUT2D eigenvalue weighted by Crippen LogP contribution is -2.47. The molecule has 3 atom stereocenters. The van der Waals surface area contributed by atoms with Gasteiger partial charge in [-0.25, -0.2) is 0 Å². The first-order valence-electron chi connectivity index (χ1n) is 6.74. The molecule has 3 nitrogen and oxygen atoms in total. The highest BCUT2D eigenvalue weighted by molar-refractivity contribution is 5.82. The molecule has 2 rings (SSSR count). The fraction of sp³-hybridized carbons (Fsp3) is 0.533. The van der Waals surface area contributed by atoms with Gasteiger partial charge in [0.05, 0.1) is 6.04 Å². The smallest absolute Gasteiger partial charge is 0.237 e. The Kier molecular flexibility index (Phi) is 4.37. The van der Waals surface area contributed by atoms with Gasteiger partial charge in [0.25, 0.3) is 0 Å². The van der Waals surface area contributed by atoms with Crippen molar-refractivity contribution in [1.82, 2.24) is 10.6 Å². The quantitative estimate of drug-likeness (QED) is 0.849. The molecule has 3 heteroatoms. The van der Waals surface area contributed by atoms with Gasteiger partial charge in [0, 0.05) is 6.04 Å². The Labute approximate surface area is 109 Å². The van der Waals surface area contributed by atoms with Gasteiger partial charge < -0.3 is 10.6 Å². The first-order chi connectivity index (χ1) is 8.66. The molecule has 0 aliphatic carbocycles. The fourth-order valence-corrected chi connectivity index (χ4v) is 2.54. The highest BCUT2D eigenvalue weighted by Gasteiger charge is 2.29. The summed E-state index contributed by atoms with van der Waals surface area (Å²) < 4.78 is 0. The molecule has 1 amide bonds. The van der Waals surface area contributed by atoms with Crippen LogP contribution in [0.1, 0.15) is 25.8 Å². The average Bonchev–Trinajstić information content (AvgIpc) is 2.76. The molecule has 1 aliphatic rings. The number of hydrogen-bond donors (Lipinski definition) is 2. The number of rotatable bonds is 4. The van der Waals surface area contributed by atoms with Crippen LogP contribution in [0.2, 0.25) is 0 Å². The number of nitrogens with one attached hydrogen (secondary N) is 2. The maximum atomic E-state index is 12.1. The lowest BCUT2D eigenvalue weighted by molar-refractivity contribution is -0.124. The van der Waals surface area contributed by atoms with Crippen LogP contribution in [-0.2, 0) is 11.2 Å². The van der Waals surface area contributed by atoms with E-state index in [2.05, 4.69) is 36.6 Å². The lowest BCUT2D eigenvalue weighted by atomic mass is 10.0. The van der Waals surface area contributed by atoms with Gasteiger partial charge in [0.2, 0.25) is 5.91 Å². The fourth-order valence-electron chi connectivity index (χ4n) is 2.54. The van der Waals surface area contributed by atoms with Crippen LogP contribution in [0, 0.1) is 5.92 Å². The maximum Gasteiger partial charge on any atom is 0.237 e. The summed E-state index contributed by atoms with van der Waals surface area (Å²) in [5.74, 6) is 0.581. The monoisotopic (exact) mass is 246 g/mol. The van der Waals surface area contributed by atoms with Crippen molar-refractivity contribution in [2.24, 2.45) is 5.92 Å². The highest BCUT2D eigenvalue weighted by atomic mass is 16.2. The number of benzene rings is 1. The Morgan fingerprint density at radius 1 is 1.44 bits per heavy atom. The van der Waals surface area contributed by atoms with E-state index in [0.29, 0.717) is 5.92 Å². The van der Waals surface area contributed by atoms with E-state index in [1.165, 1.54) is 5.56 Å². The zero-order chi connectivity index (χ0) is 13.0. The van der Waals surface area contributed by atoms with Crippen molar-refractivity contribution < 1.29 is 4.79 Å². The van der Waals surface area contributed by atoms with Crippen LogP contribution in [0.25, 0.3) is 0 Å². The van der Waals surface area contributed by atoms with Crippen LogP contribution >= 0.6 is 0 Å². The van der Waals surface area contributed by atoms with Gasteiger partial charge in [0.1, 0.15) is 0 Å². The number of amides is 1. The van der Waals surface area contributed by atoms with E-state index < -0.39 is 0 Å². The van der Waals surface area contributed by atoms with Crippen LogP contribution in [0.15, 0.2) is 30.3 Å². The van der Waals surface area contributed by atoms with Crippen molar-refractivity contribution in [3.05, 3.63) is 35.9 Å². The Hall–Kier alpha value is -1.35. The van der Waals surface area contributed by atoms with Gasteiger partial charge in [-0.15, -0.1) is 0 Å². The molecule has 1 fully saturated rings. The minimum atomic E-state index is -0.0109. The minimum Gasteiger partial charge on any atom is -0.352 e. The van der Waals surface area contributed by atoms with Crippen LogP contribution in [0.4, 0.5) is 0 Å². The first kappa shape index (κ1) is 13.1. The summed E-state index contributed by atoms with van der Waals surface area (Å²) in [6.07, 6.45) is 1.97. The SMILES string of the molecule is CC(Cc1ccccc1)NC(=O)C1NCCC1C. The largest absolute Gasteiger partial charge is 0.352 e. The molecule has 98 valence electrons. The summed E-state index contributed by atoms with van der Waals surface area (Å²) in [6, 6.07) is 10.4. The highest BCUT2D eigenvalue weighted by Crippen LogP contribution is 2.14. The molecule has 1 aromatic rings. The lowest BCUT2D eigenvalue weighted by Gasteiger charge is -2.19. The van der Waals surface area contributed by atoms with E-state index in [1.807, 2.05) is 18.2 Å². The summed E-state index contributed by atoms with van der Waals surface area (Å²) in [5.41, 5.74) is 1.26. The summed E-state index contributed by atoms with van der Waals surface area (Å²) in [5, 5.41) is 6.36. The van der Waals surface area contributed by atoms with Crippen LogP contribution < -0.4 is 10.6 Å². The van der Waals surface area contributed by atoms with Crippen molar-refractivity contribution in [2.45, 2.75) is 38.8 Å². The van der Waals surface area contributed by atoms with Crippen LogP contribution in [0.5, 0.6) is 0 Å². The molecule has 0 radical (unpaired) electrons. The molecule has 1 heterocycles. The van der Waals surface area contributed by atoms with Crippen molar-refractivity contribution >= 4 is 5.91 Å². The summed E-state index contributed by atoms with van der Waals surface area (Å²) in [7, 11) is 0. The molecular weight excluding hydrogens is 224 g/mol. The average molecular weight is 246 g/mol. The van der Waals surface area contributed by atoms with E-state index >= 15 is 0 Å². The molecule has 0 spiro atoms. The second kappa shape index (κ2) is 6.01. The van der Waals surface area contributed by atoms with E-state index in [4.69, 9.17) is 0 Å². The normalized spacial score (nSPS) is 24.8. The predicted octanol–water partition coefficient (Wildman–Crippen LogP) is 1.73. The van der Waals surface area contributed by atoms with E-state index in [1.54, 1.807) is 0 Å². The van der Waals surface area contributed by atoms with Crippen molar-refractivity contribution in [1.29, 1.82) is 0 Å². The van der Waals surface area contributed by atoms with Gasteiger partial charge in [0.15, 0.2) is 0 Å². The van der Waals surface area contributed by atoms with Crippen LogP contribution in [0.3, 0.4) is 0 Å². The summed E-state index contributed by atoms with van der Waals surface area (Å²) in [6.45, 7) is 5.14. The Morgan fingerprint density at radius 2 is 2.17 bits per heavy atom. The molecule has 3 unspecified atom stereocenters. The first-order valence-corrected chi connectivity index (χ1v) is 6.74. The predicted molar refractivity (Wildman–Crippen MR) is 73.3 cm³/mol. The molecule has 0 saturated carbocycles. The summed E-state index contributed by atoms with van der Waals surface area (Å²) >= 11 is 0. The summed E-state index contributed by atoms with van der Waals surface area (Å²) in [4.78, 5) is 12.1. The third kappa shape index (κ3) is 3.33. The topological polar surface area (TPSA) is 41.1 Å². The van der Waals surface area contributed by atoms with Gasteiger partial charge in [-0.1, -0.05) is 37.3 Å². The minimum absolute atomic E-state index is 0.0109. The maximum absolute atomic E-state index is 12.1. The van der Waals surface area contributed by atoms with Gasteiger partial charge in [-0.05, 0) is 37.8 Å². The second-order valence-corrected chi connectivity index (χ2v) is 5.30. The van der Waals surface area contributed by atoms with Crippen molar-refractivity contribution in [3.8, 4) is 0 Å². The number of hydrogen-bond acceptors (Lipinski definition) is 2. The third-order valence-electron chi connectivity index (χ3n) is 3.59. The van der Waals surface area contributed by atoms with E-state index in [-0.39, 0.29) is 18.0 Å². The van der Waals surface area contributed by atoms with Gasteiger partial charge in [-0.3, -0.25) is 4.79 Å². The molecule has 0 aromatic heterocycles. The van der Waals surface area contributed by atoms with Crippen molar-refractivity contribution in [2.75, 3.05) is 6.54 Å². The molecule has 1 saturated heterocycles. The zero-order valence-electron chi connectivity index (χ0n) is 11.1. The van der Waals surface area contributed by atoms with Crippen molar-refractivity contribution in [3.63, 3.8) is 0 Å². The van der Waals surface area contributed by atoms with E-state index in [9.17, 15) is 4.79 Å². The third-order valence-corrected chi connectivity index (χ3v) is 3.59. The Balaban J connectivity index is 1.84. The van der Waals surface area contributed by atoms with Gasteiger partial charge >= 0.3 is 0 Å². The molecule has 2 N–H and O–H groups in total. The second-order valence-electron chi connectivity index (χ2n) is 5.30. The number of carbonyl (C=O) groups is 1. The molecule has 1 aromatic carbocycles. The molecule has 1 aliphatic heterocycles. The van der Waals surface area contributed by atoms with Gasteiger partial charge in [-0.2, -0.15) is 0 Å². The molecule has 18 heavy (non-hydrogen) atoms. The zero-order valence-corrected chi connectivity index (χ0v) is 11.1. The number of carbonyl (C=O) groups excluding carboxylic acids is 1. The molecular formula is C15H22N2O. The Morgan fingerprint density at radius 3 is 2.78 bits per heavy atom.